The summed E-state index contributed by atoms with van der Waals surface area (Å²) < 4.78 is 29.1. The second-order valence-electron chi connectivity index (χ2n) is 6.47. The average Bonchev–Trinajstić information content (AvgIpc) is 3.25. The van der Waals surface area contributed by atoms with E-state index in [1.807, 2.05) is 0 Å². The Morgan fingerprint density at radius 1 is 1.39 bits per heavy atom. The molecule has 3 rings (SSSR count). The second kappa shape index (κ2) is 6.74. The summed E-state index contributed by atoms with van der Waals surface area (Å²) in [5.41, 5.74) is -2.33. The van der Waals surface area contributed by atoms with Gasteiger partial charge in [-0.05, 0) is 26.8 Å². The van der Waals surface area contributed by atoms with Crippen LogP contribution in [0.4, 0.5) is 14.5 Å². The van der Waals surface area contributed by atoms with Gasteiger partial charge in [0.1, 0.15) is 18.1 Å². The highest BCUT2D eigenvalue weighted by Crippen LogP contribution is 2.32. The van der Waals surface area contributed by atoms with Crippen molar-refractivity contribution in [2.24, 2.45) is 5.10 Å². The van der Waals surface area contributed by atoms with Gasteiger partial charge in [0.15, 0.2) is 5.69 Å². The summed E-state index contributed by atoms with van der Waals surface area (Å²) in [6.45, 7) is 4.42. The van der Waals surface area contributed by atoms with Crippen LogP contribution in [0.5, 0.6) is 0 Å². The molecule has 3 heterocycles. The zero-order valence-corrected chi connectivity index (χ0v) is 15.2. The number of hydrogen-bond acceptors (Lipinski definition) is 7. The van der Waals surface area contributed by atoms with Gasteiger partial charge in [0, 0.05) is 18.3 Å². The molecule has 11 nitrogen and oxygen atoms in total. The molecule has 0 aliphatic carbocycles. The van der Waals surface area contributed by atoms with Crippen LogP contribution in [0.3, 0.4) is 0 Å². The van der Waals surface area contributed by atoms with E-state index < -0.39 is 29.4 Å². The van der Waals surface area contributed by atoms with Crippen molar-refractivity contribution in [1.82, 2.24) is 24.6 Å². The molecular weight excluding hydrogens is 380 g/mol. The number of carbonyl (C=O) groups excluding carboxylic acids is 1. The Hall–Kier alpha value is -3.22. The molecule has 150 valence electrons. The first-order valence-corrected chi connectivity index (χ1v) is 8.15. The van der Waals surface area contributed by atoms with Crippen LogP contribution in [0.15, 0.2) is 17.4 Å². The lowest BCUT2D eigenvalue weighted by molar-refractivity contribution is -0.386. The van der Waals surface area contributed by atoms with E-state index in [0.717, 1.165) is 0 Å². The number of amides is 1. The summed E-state index contributed by atoms with van der Waals surface area (Å²) in [7, 11) is 0. The van der Waals surface area contributed by atoms with Gasteiger partial charge in [-0.2, -0.15) is 20.3 Å². The molecule has 0 bridgehead atoms. The molecule has 1 amide bonds. The molecule has 0 saturated carbocycles. The minimum atomic E-state index is -3.21. The molecule has 0 spiro atoms. The number of rotatable bonds is 5. The van der Waals surface area contributed by atoms with Gasteiger partial charge in [-0.25, -0.2) is 13.5 Å². The number of aryl methyl sites for hydroxylation is 1. The third kappa shape index (κ3) is 3.13. The Balaban J connectivity index is 1.84. The number of nitrogens with zero attached hydrogens (tertiary/aromatic N) is 7. The minimum absolute atomic E-state index is 0.0325. The van der Waals surface area contributed by atoms with Crippen LogP contribution in [0.25, 0.3) is 0 Å². The van der Waals surface area contributed by atoms with Crippen molar-refractivity contribution >= 4 is 17.3 Å². The monoisotopic (exact) mass is 397 g/mol. The maximum absolute atomic E-state index is 13.3. The average molecular weight is 397 g/mol. The number of hydrogen-bond donors (Lipinski definition) is 1. The first kappa shape index (κ1) is 19.5. The van der Waals surface area contributed by atoms with Crippen LogP contribution < -0.4 is 0 Å². The van der Waals surface area contributed by atoms with Gasteiger partial charge < -0.3 is 5.11 Å². The van der Waals surface area contributed by atoms with Crippen LogP contribution in [-0.4, -0.2) is 58.4 Å². The molecule has 0 fully saturated rings. The molecule has 2 aromatic rings. The predicted molar refractivity (Wildman–Crippen MR) is 90.8 cm³/mol. The first-order chi connectivity index (χ1) is 13.0. The minimum Gasteiger partial charge on any atom is -0.364 e. The fourth-order valence-corrected chi connectivity index (χ4v) is 3.02. The molecule has 1 N–H and O–H groups in total. The molecule has 0 saturated heterocycles. The van der Waals surface area contributed by atoms with Gasteiger partial charge in [0.05, 0.1) is 4.92 Å². The highest BCUT2D eigenvalue weighted by Gasteiger charge is 2.51. The molecule has 2 aromatic heterocycles. The largest absolute Gasteiger partial charge is 0.364 e. The third-order valence-electron chi connectivity index (χ3n) is 4.36. The molecule has 13 heteroatoms. The van der Waals surface area contributed by atoms with Gasteiger partial charge in [-0.1, -0.05) is 0 Å². The summed E-state index contributed by atoms with van der Waals surface area (Å²) in [4.78, 5) is 23.1. The SMILES string of the molecule is CC1=NN(C(=O)c2ccn(Cn3nc(C)c([N+](=O)[O-])c3C)n2)[C@](O)(C(F)F)C1. The fraction of sp³-hybridized carbons (Fsp3) is 0.467. The van der Waals surface area contributed by atoms with Gasteiger partial charge >= 0.3 is 5.69 Å². The smallest absolute Gasteiger partial charge is 0.312 e. The van der Waals surface area contributed by atoms with E-state index in [4.69, 9.17) is 0 Å². The molecule has 0 unspecified atom stereocenters. The zero-order valence-electron chi connectivity index (χ0n) is 15.2. The van der Waals surface area contributed by atoms with E-state index in [0.29, 0.717) is 10.7 Å². The van der Waals surface area contributed by atoms with E-state index in [1.54, 1.807) is 0 Å². The summed E-state index contributed by atoms with van der Waals surface area (Å²) in [5.74, 6) is -0.988. The normalized spacial score (nSPS) is 19.4. The molecule has 28 heavy (non-hydrogen) atoms. The van der Waals surface area contributed by atoms with Crippen molar-refractivity contribution in [3.05, 3.63) is 39.5 Å². The summed E-state index contributed by atoms with van der Waals surface area (Å²) in [5, 5.41) is 33.3. The van der Waals surface area contributed by atoms with Crippen LogP contribution in [0, 0.1) is 24.0 Å². The van der Waals surface area contributed by atoms with Gasteiger partial charge in [-0.3, -0.25) is 19.6 Å². The van der Waals surface area contributed by atoms with E-state index >= 15 is 0 Å². The van der Waals surface area contributed by atoms with Crippen molar-refractivity contribution in [3.63, 3.8) is 0 Å². The quantitative estimate of drug-likeness (QED) is 0.597. The molecule has 1 atom stereocenters. The lowest BCUT2D eigenvalue weighted by atomic mass is 10.1. The molecule has 0 aromatic carbocycles. The van der Waals surface area contributed by atoms with Crippen molar-refractivity contribution < 1.29 is 23.6 Å². The summed E-state index contributed by atoms with van der Waals surface area (Å²) >= 11 is 0. The van der Waals surface area contributed by atoms with Crippen LogP contribution >= 0.6 is 0 Å². The van der Waals surface area contributed by atoms with Crippen molar-refractivity contribution in [2.45, 2.75) is 46.0 Å². The molecule has 0 radical (unpaired) electrons. The maximum atomic E-state index is 13.3. The standard InChI is InChI=1S/C15H17F2N7O4/c1-8-6-15(26,14(16)17)23(18-8)13(25)11-4-5-21(20-11)7-22-10(3)12(24(27)28)9(2)19-22/h4-5,14,26H,6-7H2,1-3H3/t15-/m1/s1. The highest BCUT2D eigenvalue weighted by atomic mass is 19.3. The summed E-state index contributed by atoms with van der Waals surface area (Å²) in [6.07, 6.45) is -2.29. The number of alkyl halides is 2. The predicted octanol–water partition coefficient (Wildman–Crippen LogP) is 1.29. The lowest BCUT2D eigenvalue weighted by Crippen LogP contribution is -2.51. The van der Waals surface area contributed by atoms with Crippen molar-refractivity contribution in [3.8, 4) is 0 Å². The summed E-state index contributed by atoms with van der Waals surface area (Å²) in [6, 6.07) is 1.28. The molecule has 1 aliphatic rings. The van der Waals surface area contributed by atoms with Crippen molar-refractivity contribution in [1.29, 1.82) is 0 Å². The van der Waals surface area contributed by atoms with Crippen molar-refractivity contribution in [2.75, 3.05) is 0 Å². The lowest BCUT2D eigenvalue weighted by Gasteiger charge is -2.29. The number of halogens is 2. The van der Waals surface area contributed by atoms with Crippen LogP contribution in [-0.2, 0) is 6.67 Å². The first-order valence-electron chi connectivity index (χ1n) is 8.15. The van der Waals surface area contributed by atoms with Gasteiger partial charge in [0.25, 0.3) is 12.3 Å². The fourth-order valence-electron chi connectivity index (χ4n) is 3.02. The Labute approximate surface area is 157 Å². The Bertz CT molecular complexity index is 983. The van der Waals surface area contributed by atoms with E-state index in [1.165, 1.54) is 42.4 Å². The zero-order chi connectivity index (χ0) is 20.8. The van der Waals surface area contributed by atoms with E-state index in [9.17, 15) is 28.8 Å². The number of carbonyl (C=O) groups is 1. The second-order valence-corrected chi connectivity index (χ2v) is 6.47. The van der Waals surface area contributed by atoms with E-state index in [-0.39, 0.29) is 29.5 Å². The number of aromatic nitrogens is 4. The maximum Gasteiger partial charge on any atom is 0.312 e. The van der Waals surface area contributed by atoms with E-state index in [2.05, 4.69) is 15.3 Å². The number of aliphatic hydroxyl groups is 1. The van der Waals surface area contributed by atoms with Crippen LogP contribution in [0.2, 0.25) is 0 Å². The van der Waals surface area contributed by atoms with Gasteiger partial charge in [0.2, 0.25) is 5.72 Å². The van der Waals surface area contributed by atoms with Crippen LogP contribution in [0.1, 0.15) is 35.2 Å². The molecule has 1 aliphatic heterocycles. The Kier molecular flexibility index (Phi) is 4.71. The number of hydrazone groups is 1. The Morgan fingerprint density at radius 2 is 2.07 bits per heavy atom. The topological polar surface area (TPSA) is 132 Å². The third-order valence-corrected chi connectivity index (χ3v) is 4.36. The number of nitro groups is 1. The Morgan fingerprint density at radius 3 is 2.64 bits per heavy atom. The van der Waals surface area contributed by atoms with Gasteiger partial charge in [-0.15, -0.1) is 0 Å². The highest BCUT2D eigenvalue weighted by molar-refractivity contribution is 5.96. The molecular formula is C15H17F2N7O4.